The molecule has 4 rings (SSSR count). The van der Waals surface area contributed by atoms with Gasteiger partial charge in [0.15, 0.2) is 5.69 Å². The van der Waals surface area contributed by atoms with E-state index < -0.39 is 17.6 Å². The van der Waals surface area contributed by atoms with Crippen molar-refractivity contribution in [3.8, 4) is 0 Å². The number of benzene rings is 1. The van der Waals surface area contributed by atoms with E-state index in [9.17, 15) is 18.0 Å². The van der Waals surface area contributed by atoms with E-state index in [0.29, 0.717) is 5.52 Å². The number of H-pyrrole nitrogens is 1. The van der Waals surface area contributed by atoms with Crippen molar-refractivity contribution in [1.82, 2.24) is 25.1 Å². The molecular formula is C17H18ClF3N6O. The van der Waals surface area contributed by atoms with Crippen LogP contribution in [0.2, 0.25) is 0 Å². The Morgan fingerprint density at radius 2 is 2.11 bits per heavy atom. The number of nitrogens with zero attached hydrogens (tertiary/aromatic N) is 3. The summed E-state index contributed by atoms with van der Waals surface area (Å²) in [6.45, 7) is 1.78. The predicted octanol–water partition coefficient (Wildman–Crippen LogP) is 3.38. The number of carbonyl (C=O) groups is 1. The van der Waals surface area contributed by atoms with E-state index in [1.807, 2.05) is 0 Å². The monoisotopic (exact) mass is 414 g/mol. The minimum Gasteiger partial charge on any atom is -0.324 e. The van der Waals surface area contributed by atoms with Crippen molar-refractivity contribution in [1.29, 1.82) is 0 Å². The largest absolute Gasteiger partial charge is 0.416 e. The van der Waals surface area contributed by atoms with Gasteiger partial charge < -0.3 is 10.3 Å². The van der Waals surface area contributed by atoms with Gasteiger partial charge in [-0.3, -0.25) is 14.8 Å². The third kappa shape index (κ3) is 4.12. The molecule has 1 saturated heterocycles. The van der Waals surface area contributed by atoms with Gasteiger partial charge in [0.05, 0.1) is 22.6 Å². The second-order valence-electron chi connectivity index (χ2n) is 6.45. The minimum absolute atomic E-state index is 0. The Morgan fingerprint density at radius 3 is 2.82 bits per heavy atom. The van der Waals surface area contributed by atoms with Crippen LogP contribution in [0.3, 0.4) is 0 Å². The van der Waals surface area contributed by atoms with Crippen LogP contribution < -0.4 is 10.6 Å². The van der Waals surface area contributed by atoms with Gasteiger partial charge in [-0.15, -0.1) is 12.4 Å². The number of hydrogen-bond donors (Lipinski definition) is 3. The second kappa shape index (κ2) is 7.80. The fourth-order valence-corrected chi connectivity index (χ4v) is 3.14. The van der Waals surface area contributed by atoms with Gasteiger partial charge in [-0.05, 0) is 43.7 Å². The van der Waals surface area contributed by atoms with E-state index in [1.54, 1.807) is 16.9 Å². The smallest absolute Gasteiger partial charge is 0.324 e. The predicted molar refractivity (Wildman–Crippen MR) is 99.7 cm³/mol. The van der Waals surface area contributed by atoms with Crippen molar-refractivity contribution in [3.05, 3.63) is 41.7 Å². The summed E-state index contributed by atoms with van der Waals surface area (Å²) in [6, 6.07) is 4.98. The van der Waals surface area contributed by atoms with E-state index in [1.165, 1.54) is 6.07 Å². The maximum atomic E-state index is 12.8. The second-order valence-corrected chi connectivity index (χ2v) is 6.45. The molecule has 1 amide bonds. The molecule has 0 bridgehead atoms. The van der Waals surface area contributed by atoms with Crippen LogP contribution in [0.25, 0.3) is 11.0 Å². The highest BCUT2D eigenvalue weighted by Crippen LogP contribution is 2.31. The molecule has 0 saturated carbocycles. The van der Waals surface area contributed by atoms with Crippen molar-refractivity contribution in [2.24, 2.45) is 0 Å². The number of aromatic nitrogens is 4. The fraction of sp³-hybridized carbons (Fsp3) is 0.353. The zero-order valence-corrected chi connectivity index (χ0v) is 15.4. The van der Waals surface area contributed by atoms with Gasteiger partial charge >= 0.3 is 6.18 Å². The Labute approximate surface area is 164 Å². The Balaban J connectivity index is 0.00000225. The fourth-order valence-electron chi connectivity index (χ4n) is 3.14. The number of amides is 1. The Hall–Kier alpha value is -2.59. The van der Waals surface area contributed by atoms with Gasteiger partial charge in [0.2, 0.25) is 5.95 Å². The van der Waals surface area contributed by atoms with Crippen LogP contribution >= 0.6 is 12.4 Å². The lowest BCUT2D eigenvalue weighted by Gasteiger charge is -2.22. The van der Waals surface area contributed by atoms with Gasteiger partial charge in [0.1, 0.15) is 0 Å². The number of fused-ring (bicyclic) bond motifs is 1. The number of carbonyl (C=O) groups excluding carboxylic acids is 1. The number of nitrogens with one attached hydrogen (secondary N) is 3. The summed E-state index contributed by atoms with van der Waals surface area (Å²) in [5.41, 5.74) is -0.0376. The summed E-state index contributed by atoms with van der Waals surface area (Å²) in [4.78, 5) is 19.2. The first-order valence-corrected chi connectivity index (χ1v) is 8.54. The molecule has 3 aromatic rings. The molecule has 1 fully saturated rings. The molecular weight excluding hydrogens is 397 g/mol. The summed E-state index contributed by atoms with van der Waals surface area (Å²) < 4.78 is 40.1. The van der Waals surface area contributed by atoms with Crippen LogP contribution in [0.1, 0.15) is 34.9 Å². The van der Waals surface area contributed by atoms with Crippen LogP contribution in [0.15, 0.2) is 30.5 Å². The van der Waals surface area contributed by atoms with E-state index in [4.69, 9.17) is 0 Å². The highest BCUT2D eigenvalue weighted by molar-refractivity contribution is 6.02. The molecule has 7 nitrogen and oxygen atoms in total. The van der Waals surface area contributed by atoms with Gasteiger partial charge in [0.25, 0.3) is 5.91 Å². The van der Waals surface area contributed by atoms with Crippen LogP contribution in [0.4, 0.5) is 19.1 Å². The number of rotatable bonds is 3. The quantitative estimate of drug-likeness (QED) is 0.613. The molecule has 0 spiro atoms. The summed E-state index contributed by atoms with van der Waals surface area (Å²) in [5, 5.41) is 10.1. The zero-order valence-electron chi connectivity index (χ0n) is 14.6. The number of hydrogen-bond acceptors (Lipinski definition) is 4. The zero-order chi connectivity index (χ0) is 19.0. The van der Waals surface area contributed by atoms with Crippen molar-refractivity contribution < 1.29 is 18.0 Å². The first kappa shape index (κ1) is 20.2. The number of aromatic amines is 1. The topological polar surface area (TPSA) is 87.6 Å². The lowest BCUT2D eigenvalue weighted by atomic mass is 10.1. The highest BCUT2D eigenvalue weighted by Gasteiger charge is 2.30. The van der Waals surface area contributed by atoms with Gasteiger partial charge in [0, 0.05) is 12.7 Å². The Bertz CT molecular complexity index is 977. The van der Waals surface area contributed by atoms with Crippen LogP contribution in [0.5, 0.6) is 0 Å². The first-order valence-electron chi connectivity index (χ1n) is 8.54. The van der Waals surface area contributed by atoms with E-state index in [0.717, 1.165) is 38.1 Å². The molecule has 3 heterocycles. The number of alkyl halides is 3. The molecule has 1 aliphatic heterocycles. The normalized spacial score (nSPS) is 17.3. The molecule has 1 unspecified atom stereocenters. The number of anilines is 1. The van der Waals surface area contributed by atoms with Crippen LogP contribution in [-0.2, 0) is 6.18 Å². The average molecular weight is 415 g/mol. The maximum absolute atomic E-state index is 12.8. The molecule has 11 heteroatoms. The molecule has 0 radical (unpaired) electrons. The molecule has 2 aromatic heterocycles. The van der Waals surface area contributed by atoms with Gasteiger partial charge in [-0.1, -0.05) is 0 Å². The number of imidazole rings is 1. The molecule has 28 heavy (non-hydrogen) atoms. The molecule has 150 valence electrons. The van der Waals surface area contributed by atoms with Gasteiger partial charge in [-0.2, -0.15) is 18.3 Å². The van der Waals surface area contributed by atoms with E-state index in [2.05, 4.69) is 25.7 Å². The third-order valence-electron chi connectivity index (χ3n) is 4.53. The standard InChI is InChI=1S/C17H17F3N6O.ClH/c18-17(19,20)10-3-4-12-14(8-10)23-16(22-12)24-15(27)13-5-7-26(25-13)11-2-1-6-21-9-11;/h3-5,7-8,11,21H,1-2,6,9H2,(H2,22,23,24,27);1H. The Morgan fingerprint density at radius 1 is 1.29 bits per heavy atom. The van der Waals surface area contributed by atoms with Crippen molar-refractivity contribution >= 4 is 35.3 Å². The van der Waals surface area contributed by atoms with E-state index >= 15 is 0 Å². The van der Waals surface area contributed by atoms with Crippen LogP contribution in [0, 0.1) is 0 Å². The molecule has 1 aliphatic rings. The Kier molecular flexibility index (Phi) is 5.61. The number of halogens is 4. The van der Waals surface area contributed by atoms with E-state index in [-0.39, 0.29) is 35.6 Å². The molecule has 1 atom stereocenters. The summed E-state index contributed by atoms with van der Waals surface area (Å²) >= 11 is 0. The summed E-state index contributed by atoms with van der Waals surface area (Å²) in [6.07, 6.45) is -0.657. The average Bonchev–Trinajstić information content (AvgIpc) is 3.27. The lowest BCUT2D eigenvalue weighted by Crippen LogP contribution is -2.32. The van der Waals surface area contributed by atoms with Crippen molar-refractivity contribution in [2.75, 3.05) is 18.4 Å². The lowest BCUT2D eigenvalue weighted by molar-refractivity contribution is -0.137. The minimum atomic E-state index is -4.44. The highest BCUT2D eigenvalue weighted by atomic mass is 35.5. The molecule has 1 aromatic carbocycles. The summed E-state index contributed by atoms with van der Waals surface area (Å²) in [7, 11) is 0. The van der Waals surface area contributed by atoms with Crippen molar-refractivity contribution in [3.63, 3.8) is 0 Å². The number of piperidine rings is 1. The van der Waals surface area contributed by atoms with Crippen molar-refractivity contribution in [2.45, 2.75) is 25.1 Å². The third-order valence-corrected chi connectivity index (χ3v) is 4.53. The first-order chi connectivity index (χ1) is 12.9. The summed E-state index contributed by atoms with van der Waals surface area (Å²) in [5.74, 6) is -0.407. The maximum Gasteiger partial charge on any atom is 0.416 e. The SMILES string of the molecule is Cl.O=C(Nc1nc2ccc(C(F)(F)F)cc2[nH]1)c1ccn(C2CCCNC2)n1. The van der Waals surface area contributed by atoms with Crippen LogP contribution in [-0.4, -0.2) is 38.7 Å². The van der Waals surface area contributed by atoms with Gasteiger partial charge in [-0.25, -0.2) is 4.98 Å². The molecule has 0 aliphatic carbocycles. The molecule has 3 N–H and O–H groups in total.